The molecule has 1 N–H and O–H groups in total. The fraction of sp³-hybridized carbons (Fsp3) is 0.417. The number of morpholine rings is 1. The van der Waals surface area contributed by atoms with Gasteiger partial charge in [0.15, 0.2) is 11.5 Å². The van der Waals surface area contributed by atoms with Gasteiger partial charge in [0.1, 0.15) is 24.9 Å². The normalized spacial score (nSPS) is 16.7. The van der Waals surface area contributed by atoms with E-state index >= 15 is 0 Å². The molecule has 2 heterocycles. The number of nitrogens with zero attached hydrogens (tertiary/aromatic N) is 3. The Bertz CT molecular complexity index is 1330. The van der Waals surface area contributed by atoms with Gasteiger partial charge in [0, 0.05) is 30.2 Å². The number of hydrogen-bond acceptors (Lipinski definition) is 8. The largest absolute Gasteiger partial charge is 0.493 e. The van der Waals surface area contributed by atoms with E-state index in [0.29, 0.717) is 52.5 Å². The van der Waals surface area contributed by atoms with Crippen molar-refractivity contribution in [2.24, 2.45) is 0 Å². The maximum Gasteiger partial charge on any atom is 0.214 e. The average Bonchev–Trinajstić information content (AvgIpc) is 2.88. The van der Waals surface area contributed by atoms with Crippen molar-refractivity contribution < 1.29 is 22.6 Å². The van der Waals surface area contributed by atoms with Gasteiger partial charge in [-0.25, -0.2) is 18.4 Å². The molecule has 2 aromatic carbocycles. The lowest BCUT2D eigenvalue weighted by atomic mass is 10.2. The van der Waals surface area contributed by atoms with Crippen molar-refractivity contribution >= 4 is 55.6 Å². The van der Waals surface area contributed by atoms with Gasteiger partial charge in [-0.05, 0) is 30.7 Å². The molecule has 1 atom stereocenters. The molecule has 1 aliphatic rings. The summed E-state index contributed by atoms with van der Waals surface area (Å²) in [7, 11) is -1.76. The maximum atomic E-state index is 12.6. The summed E-state index contributed by atoms with van der Waals surface area (Å²) in [4.78, 5) is 8.72. The topological polar surface area (TPSA) is 103 Å². The number of nitrogens with one attached hydrogen (secondary N) is 1. The summed E-state index contributed by atoms with van der Waals surface area (Å²) < 4.78 is 44.0. The summed E-state index contributed by atoms with van der Waals surface area (Å²) in [5, 5.41) is 4.83. The van der Waals surface area contributed by atoms with Gasteiger partial charge >= 0.3 is 0 Å². The maximum absolute atomic E-state index is 12.6. The van der Waals surface area contributed by atoms with Gasteiger partial charge in [0.05, 0.1) is 35.0 Å². The van der Waals surface area contributed by atoms with Crippen molar-refractivity contribution in [3.8, 4) is 11.5 Å². The van der Waals surface area contributed by atoms with E-state index in [1.165, 1.54) is 10.6 Å². The van der Waals surface area contributed by atoms with Crippen LogP contribution in [0.15, 0.2) is 36.7 Å². The molecule has 194 valence electrons. The van der Waals surface area contributed by atoms with Gasteiger partial charge in [-0.2, -0.15) is 4.31 Å². The highest BCUT2D eigenvalue weighted by molar-refractivity contribution is 7.89. The van der Waals surface area contributed by atoms with Crippen LogP contribution in [-0.2, 0) is 14.8 Å². The second-order valence-electron chi connectivity index (χ2n) is 8.33. The molecule has 0 aliphatic carbocycles. The summed E-state index contributed by atoms with van der Waals surface area (Å²) in [5.41, 5.74) is 1.35. The van der Waals surface area contributed by atoms with E-state index in [0.717, 1.165) is 17.5 Å². The van der Waals surface area contributed by atoms with E-state index in [1.807, 2.05) is 6.92 Å². The number of hydrogen-bond donors (Lipinski definition) is 1. The zero-order chi connectivity index (χ0) is 25.7. The van der Waals surface area contributed by atoms with Crippen LogP contribution in [0.5, 0.6) is 11.5 Å². The van der Waals surface area contributed by atoms with E-state index in [9.17, 15) is 8.42 Å². The molecule has 0 radical (unpaired) electrons. The number of fused-ring (bicyclic) bond motifs is 1. The van der Waals surface area contributed by atoms with Crippen molar-refractivity contribution in [1.82, 2.24) is 14.3 Å². The summed E-state index contributed by atoms with van der Waals surface area (Å²) in [6, 6.07) is 8.75. The molecule has 1 fully saturated rings. The fourth-order valence-electron chi connectivity index (χ4n) is 3.83. The Kier molecular flexibility index (Phi) is 8.74. The van der Waals surface area contributed by atoms with Crippen molar-refractivity contribution in [3.05, 3.63) is 46.7 Å². The predicted octanol–water partition coefficient (Wildman–Crippen LogP) is 4.90. The Morgan fingerprint density at radius 1 is 1.17 bits per heavy atom. The number of rotatable bonds is 10. The van der Waals surface area contributed by atoms with Gasteiger partial charge in [-0.15, -0.1) is 0 Å². The molecule has 4 rings (SSSR count). The van der Waals surface area contributed by atoms with Gasteiger partial charge in [0.2, 0.25) is 10.0 Å². The molecule has 12 heteroatoms. The van der Waals surface area contributed by atoms with Crippen LogP contribution in [-0.4, -0.2) is 68.0 Å². The second kappa shape index (κ2) is 11.8. The standard InChI is InChI=1S/C24H28Cl2N4O5S/c1-3-4-9-36(31,32)30-7-8-34-17(13-30)14-35-23-12-21-18(11-22(23)33-2)24(28-15-27-21)29-16-5-6-19(25)20(26)10-16/h5-6,10-12,15,17H,3-4,7-9,13-14H2,1-2H3,(H,27,28,29). The van der Waals surface area contributed by atoms with Crippen LogP contribution < -0.4 is 14.8 Å². The molecule has 0 amide bonds. The average molecular weight is 555 g/mol. The fourth-order valence-corrected chi connectivity index (χ4v) is 5.79. The van der Waals surface area contributed by atoms with Crippen LogP contribution in [0.2, 0.25) is 10.0 Å². The molecule has 1 unspecified atom stereocenters. The van der Waals surface area contributed by atoms with Crippen molar-refractivity contribution in [2.75, 3.05) is 44.5 Å². The highest BCUT2D eigenvalue weighted by Crippen LogP contribution is 2.35. The predicted molar refractivity (Wildman–Crippen MR) is 141 cm³/mol. The highest BCUT2D eigenvalue weighted by atomic mass is 35.5. The summed E-state index contributed by atoms with van der Waals surface area (Å²) >= 11 is 12.1. The second-order valence-corrected chi connectivity index (χ2v) is 11.2. The Balaban J connectivity index is 1.50. The third kappa shape index (κ3) is 6.30. The van der Waals surface area contributed by atoms with E-state index in [1.54, 1.807) is 37.4 Å². The molecule has 9 nitrogen and oxygen atoms in total. The zero-order valence-corrected chi connectivity index (χ0v) is 22.4. The first-order valence-corrected chi connectivity index (χ1v) is 13.9. The minimum absolute atomic E-state index is 0.147. The van der Waals surface area contributed by atoms with Crippen LogP contribution in [0.3, 0.4) is 0 Å². The molecular formula is C24H28Cl2N4O5S. The monoisotopic (exact) mass is 554 g/mol. The lowest BCUT2D eigenvalue weighted by Gasteiger charge is -2.32. The van der Waals surface area contributed by atoms with Gasteiger partial charge in [0.25, 0.3) is 0 Å². The summed E-state index contributed by atoms with van der Waals surface area (Å²) in [5.74, 6) is 1.66. The number of ether oxygens (including phenoxy) is 3. The van der Waals surface area contributed by atoms with Crippen LogP contribution >= 0.6 is 23.2 Å². The molecular weight excluding hydrogens is 527 g/mol. The van der Waals surface area contributed by atoms with Gasteiger partial charge in [-0.3, -0.25) is 0 Å². The van der Waals surface area contributed by atoms with E-state index in [2.05, 4.69) is 15.3 Å². The number of methoxy groups -OCH3 is 1. The van der Waals surface area contributed by atoms with Gasteiger partial charge < -0.3 is 19.5 Å². The molecule has 0 saturated carbocycles. The number of halogens is 2. The van der Waals surface area contributed by atoms with Crippen LogP contribution in [0.4, 0.5) is 11.5 Å². The molecule has 0 bridgehead atoms. The molecule has 1 saturated heterocycles. The lowest BCUT2D eigenvalue weighted by molar-refractivity contribution is -0.0252. The van der Waals surface area contributed by atoms with Crippen LogP contribution in [0.1, 0.15) is 19.8 Å². The minimum Gasteiger partial charge on any atom is -0.493 e. The van der Waals surface area contributed by atoms with Crippen molar-refractivity contribution in [3.63, 3.8) is 0 Å². The summed E-state index contributed by atoms with van der Waals surface area (Å²) in [6.45, 7) is 3.07. The third-order valence-electron chi connectivity index (χ3n) is 5.78. The number of anilines is 2. The molecule has 3 aromatic rings. The first kappa shape index (κ1) is 26.7. The lowest BCUT2D eigenvalue weighted by Crippen LogP contribution is -2.48. The first-order chi connectivity index (χ1) is 17.3. The zero-order valence-electron chi connectivity index (χ0n) is 20.0. The molecule has 0 spiro atoms. The number of benzene rings is 2. The van der Waals surface area contributed by atoms with E-state index in [4.69, 9.17) is 37.4 Å². The SMILES string of the molecule is CCCCS(=O)(=O)N1CCOC(COc2cc3ncnc(Nc4ccc(Cl)c(Cl)c4)c3cc2OC)C1. The first-order valence-electron chi connectivity index (χ1n) is 11.6. The smallest absolute Gasteiger partial charge is 0.214 e. The molecule has 1 aliphatic heterocycles. The van der Waals surface area contributed by atoms with Crippen molar-refractivity contribution in [2.45, 2.75) is 25.9 Å². The molecule has 36 heavy (non-hydrogen) atoms. The Hall–Kier alpha value is -2.37. The third-order valence-corrected chi connectivity index (χ3v) is 8.44. The molecule has 1 aromatic heterocycles. The Morgan fingerprint density at radius 3 is 2.75 bits per heavy atom. The quantitative estimate of drug-likeness (QED) is 0.377. The minimum atomic E-state index is -3.31. The van der Waals surface area contributed by atoms with E-state index in [-0.39, 0.29) is 18.9 Å². The van der Waals surface area contributed by atoms with Crippen molar-refractivity contribution in [1.29, 1.82) is 0 Å². The summed E-state index contributed by atoms with van der Waals surface area (Å²) in [6.07, 6.45) is 2.51. The Labute approximate surface area is 220 Å². The number of unbranched alkanes of at least 4 members (excludes halogenated alkanes) is 1. The Morgan fingerprint density at radius 2 is 2.00 bits per heavy atom. The van der Waals surface area contributed by atoms with E-state index < -0.39 is 16.1 Å². The van der Waals surface area contributed by atoms with Gasteiger partial charge in [-0.1, -0.05) is 36.5 Å². The number of aromatic nitrogens is 2. The number of sulfonamides is 1. The highest BCUT2D eigenvalue weighted by Gasteiger charge is 2.29. The van der Waals surface area contributed by atoms with Crippen LogP contribution in [0, 0.1) is 0 Å². The van der Waals surface area contributed by atoms with Crippen LogP contribution in [0.25, 0.3) is 10.9 Å².